The van der Waals surface area contributed by atoms with Gasteiger partial charge in [-0.2, -0.15) is 0 Å². The highest BCUT2D eigenvalue weighted by Crippen LogP contribution is 2.02. The van der Waals surface area contributed by atoms with Gasteiger partial charge in [-0.1, -0.05) is 0 Å². The molecule has 0 saturated heterocycles. The van der Waals surface area contributed by atoms with Crippen LogP contribution in [0.1, 0.15) is 12.8 Å². The van der Waals surface area contributed by atoms with Gasteiger partial charge in [-0.25, -0.2) is 19.6 Å². The van der Waals surface area contributed by atoms with Crippen molar-refractivity contribution in [3.8, 4) is 0 Å². The summed E-state index contributed by atoms with van der Waals surface area (Å²) in [6, 6.07) is -1.57. The smallest absolute Gasteiger partial charge is 0.326 e. The van der Waals surface area contributed by atoms with Crippen molar-refractivity contribution in [3.05, 3.63) is 18.7 Å². The summed E-state index contributed by atoms with van der Waals surface area (Å²) in [4.78, 5) is 30.0. The number of nitrogens with zero attached hydrogens (tertiary/aromatic N) is 2. The molecular weight excluding hydrogens is 252 g/mol. The lowest BCUT2D eigenvalue weighted by molar-refractivity contribution is -0.139. The average Bonchev–Trinajstić information content (AvgIpc) is 2.38. The van der Waals surface area contributed by atoms with Gasteiger partial charge < -0.3 is 20.5 Å². The number of carboxylic acid groups (broad SMARTS) is 1. The molecule has 1 aromatic rings. The first-order valence-corrected chi connectivity index (χ1v) is 5.67. The van der Waals surface area contributed by atoms with Gasteiger partial charge >= 0.3 is 12.0 Å². The molecule has 1 heterocycles. The predicted octanol–water partition coefficient (Wildman–Crippen LogP) is 0.478. The summed E-state index contributed by atoms with van der Waals surface area (Å²) in [5.74, 6) is -1.09. The van der Waals surface area contributed by atoms with Crippen molar-refractivity contribution < 1.29 is 19.4 Å². The standard InChI is InChI=1S/C11H16N4O4/c1-19-4-2-3-9(10(16)17)15-11(18)14-8-5-12-7-13-6-8/h5-7,9H,2-4H2,1H3,(H,16,17)(H2,14,15,18). The Labute approximate surface area is 110 Å². The summed E-state index contributed by atoms with van der Waals surface area (Å²) < 4.78 is 4.83. The zero-order valence-corrected chi connectivity index (χ0v) is 10.5. The Morgan fingerprint density at radius 1 is 1.42 bits per heavy atom. The monoisotopic (exact) mass is 268 g/mol. The molecule has 0 aliphatic rings. The van der Waals surface area contributed by atoms with Crippen LogP contribution in [0.3, 0.4) is 0 Å². The van der Waals surface area contributed by atoms with Gasteiger partial charge in [0.25, 0.3) is 0 Å². The minimum Gasteiger partial charge on any atom is -0.480 e. The number of urea groups is 1. The molecule has 1 aromatic heterocycles. The Morgan fingerprint density at radius 3 is 2.68 bits per heavy atom. The lowest BCUT2D eigenvalue weighted by atomic mass is 10.1. The zero-order valence-electron chi connectivity index (χ0n) is 10.5. The van der Waals surface area contributed by atoms with E-state index in [0.717, 1.165) is 0 Å². The Morgan fingerprint density at radius 2 is 2.11 bits per heavy atom. The van der Waals surface area contributed by atoms with Crippen LogP contribution in [0.4, 0.5) is 10.5 Å². The maximum atomic E-state index is 11.6. The lowest BCUT2D eigenvalue weighted by Crippen LogP contribution is -2.43. The van der Waals surface area contributed by atoms with Crippen molar-refractivity contribution in [2.45, 2.75) is 18.9 Å². The molecule has 0 radical (unpaired) electrons. The maximum Gasteiger partial charge on any atom is 0.326 e. The minimum atomic E-state index is -1.09. The molecule has 3 N–H and O–H groups in total. The van der Waals surface area contributed by atoms with E-state index in [-0.39, 0.29) is 0 Å². The number of carboxylic acids is 1. The number of aromatic nitrogens is 2. The number of amides is 2. The molecule has 0 saturated carbocycles. The number of hydrogen-bond donors (Lipinski definition) is 3. The molecule has 2 amide bonds. The van der Waals surface area contributed by atoms with E-state index >= 15 is 0 Å². The fourth-order valence-electron chi connectivity index (χ4n) is 1.38. The van der Waals surface area contributed by atoms with Crippen LogP contribution in [-0.2, 0) is 9.53 Å². The van der Waals surface area contributed by atoms with Crippen molar-refractivity contribution >= 4 is 17.7 Å². The largest absolute Gasteiger partial charge is 0.480 e. The summed E-state index contributed by atoms with van der Waals surface area (Å²) >= 11 is 0. The Kier molecular flexibility index (Phi) is 6.23. The van der Waals surface area contributed by atoms with Gasteiger partial charge in [0.1, 0.15) is 12.4 Å². The van der Waals surface area contributed by atoms with Crippen molar-refractivity contribution in [3.63, 3.8) is 0 Å². The summed E-state index contributed by atoms with van der Waals surface area (Å²) in [5.41, 5.74) is 0.390. The molecule has 0 spiro atoms. The highest BCUT2D eigenvalue weighted by Gasteiger charge is 2.19. The third kappa shape index (κ3) is 5.77. The number of carbonyl (C=O) groups excluding carboxylic acids is 1. The molecule has 0 aliphatic carbocycles. The summed E-state index contributed by atoms with van der Waals surface area (Å²) in [6.45, 7) is 0.444. The maximum absolute atomic E-state index is 11.6. The Hall–Kier alpha value is -2.22. The number of hydrogen-bond acceptors (Lipinski definition) is 5. The quantitative estimate of drug-likeness (QED) is 0.620. The predicted molar refractivity (Wildman–Crippen MR) is 66.7 cm³/mol. The molecular formula is C11H16N4O4. The molecule has 8 heteroatoms. The van der Waals surface area contributed by atoms with Crippen LogP contribution in [0.5, 0.6) is 0 Å². The fraction of sp³-hybridized carbons (Fsp3) is 0.455. The molecule has 0 bridgehead atoms. The molecule has 1 unspecified atom stereocenters. The van der Waals surface area contributed by atoms with Crippen molar-refractivity contribution in [2.75, 3.05) is 19.0 Å². The van der Waals surface area contributed by atoms with Crippen LogP contribution in [-0.4, -0.2) is 46.8 Å². The molecule has 0 fully saturated rings. The number of carbonyl (C=O) groups is 2. The number of ether oxygens (including phenoxy) is 1. The molecule has 8 nitrogen and oxygen atoms in total. The second kappa shape index (κ2) is 7.98. The van der Waals surface area contributed by atoms with Crippen LogP contribution in [0, 0.1) is 0 Å². The third-order valence-electron chi connectivity index (χ3n) is 2.26. The van der Waals surface area contributed by atoms with Gasteiger partial charge in [0.15, 0.2) is 0 Å². The Bertz CT molecular complexity index is 412. The van der Waals surface area contributed by atoms with Gasteiger partial charge in [0.05, 0.1) is 18.1 Å². The Balaban J connectivity index is 2.45. The van der Waals surface area contributed by atoms with Crippen LogP contribution >= 0.6 is 0 Å². The van der Waals surface area contributed by atoms with Crippen molar-refractivity contribution in [2.24, 2.45) is 0 Å². The summed E-state index contributed by atoms with van der Waals surface area (Å²) in [6.07, 6.45) is 4.98. The van der Waals surface area contributed by atoms with E-state index in [4.69, 9.17) is 9.84 Å². The molecule has 0 aliphatic heterocycles. The van der Waals surface area contributed by atoms with Gasteiger partial charge in [-0.05, 0) is 12.8 Å². The SMILES string of the molecule is COCCCC(NC(=O)Nc1cncnc1)C(=O)O. The van der Waals surface area contributed by atoms with Crippen LogP contribution in [0.25, 0.3) is 0 Å². The van der Waals surface area contributed by atoms with Crippen LogP contribution < -0.4 is 10.6 Å². The van der Waals surface area contributed by atoms with E-state index < -0.39 is 18.0 Å². The van der Waals surface area contributed by atoms with Gasteiger partial charge in [-0.3, -0.25) is 0 Å². The highest BCUT2D eigenvalue weighted by atomic mass is 16.5. The van der Waals surface area contributed by atoms with Gasteiger partial charge in [-0.15, -0.1) is 0 Å². The molecule has 19 heavy (non-hydrogen) atoms. The number of aliphatic carboxylic acids is 1. The minimum absolute atomic E-state index is 0.294. The number of nitrogens with one attached hydrogen (secondary N) is 2. The van der Waals surface area contributed by atoms with E-state index in [9.17, 15) is 9.59 Å². The second-order valence-electron chi connectivity index (χ2n) is 3.75. The topological polar surface area (TPSA) is 113 Å². The van der Waals surface area contributed by atoms with Crippen LogP contribution in [0.15, 0.2) is 18.7 Å². The number of anilines is 1. The van der Waals surface area contributed by atoms with E-state index in [0.29, 0.717) is 25.1 Å². The zero-order chi connectivity index (χ0) is 14.1. The van der Waals surface area contributed by atoms with Crippen molar-refractivity contribution in [1.82, 2.24) is 15.3 Å². The number of rotatable bonds is 7. The first-order valence-electron chi connectivity index (χ1n) is 5.67. The highest BCUT2D eigenvalue weighted by molar-refractivity contribution is 5.91. The average molecular weight is 268 g/mol. The van der Waals surface area contributed by atoms with E-state index in [2.05, 4.69) is 20.6 Å². The number of methoxy groups -OCH3 is 1. The third-order valence-corrected chi connectivity index (χ3v) is 2.26. The first-order chi connectivity index (χ1) is 9.13. The molecule has 1 rings (SSSR count). The van der Waals surface area contributed by atoms with Gasteiger partial charge in [0.2, 0.25) is 0 Å². The molecule has 1 atom stereocenters. The lowest BCUT2D eigenvalue weighted by Gasteiger charge is -2.14. The van der Waals surface area contributed by atoms with E-state index in [1.54, 1.807) is 0 Å². The van der Waals surface area contributed by atoms with Crippen molar-refractivity contribution in [1.29, 1.82) is 0 Å². The second-order valence-corrected chi connectivity index (χ2v) is 3.75. The van der Waals surface area contributed by atoms with Gasteiger partial charge in [0, 0.05) is 13.7 Å². The summed E-state index contributed by atoms with van der Waals surface area (Å²) in [5, 5.41) is 13.8. The van der Waals surface area contributed by atoms with E-state index in [1.807, 2.05) is 0 Å². The van der Waals surface area contributed by atoms with Crippen LogP contribution in [0.2, 0.25) is 0 Å². The fourth-order valence-corrected chi connectivity index (χ4v) is 1.38. The summed E-state index contributed by atoms with van der Waals surface area (Å²) in [7, 11) is 1.53. The normalized spacial score (nSPS) is 11.6. The first kappa shape index (κ1) is 14.8. The van der Waals surface area contributed by atoms with E-state index in [1.165, 1.54) is 25.8 Å². The molecule has 0 aromatic carbocycles. The molecule has 104 valence electrons.